The smallest absolute Gasteiger partial charge is 0.337 e. The van der Waals surface area contributed by atoms with Crippen LogP contribution < -0.4 is 10.2 Å². The van der Waals surface area contributed by atoms with Gasteiger partial charge in [-0.25, -0.2) is 14.4 Å². The number of carbonyl (C=O) groups excluding carboxylic acids is 1. The van der Waals surface area contributed by atoms with Crippen LogP contribution in [0.2, 0.25) is 0 Å². The molecule has 0 aromatic heterocycles. The largest absolute Gasteiger partial charge is 0.478 e. The van der Waals surface area contributed by atoms with Crippen molar-refractivity contribution in [1.82, 2.24) is 0 Å². The minimum absolute atomic E-state index is 0.0620. The molecule has 0 aliphatic rings. The van der Waals surface area contributed by atoms with Crippen LogP contribution >= 0.6 is 0 Å². The van der Waals surface area contributed by atoms with Crippen molar-refractivity contribution >= 4 is 35.0 Å². The lowest BCUT2D eigenvalue weighted by atomic mass is 10.1. The summed E-state index contributed by atoms with van der Waals surface area (Å²) in [7, 11) is 0. The van der Waals surface area contributed by atoms with Gasteiger partial charge in [0.25, 0.3) is 0 Å². The molecule has 28 heavy (non-hydrogen) atoms. The monoisotopic (exact) mass is 376 g/mol. The average Bonchev–Trinajstić information content (AvgIpc) is 2.69. The molecule has 3 aromatic rings. The lowest BCUT2D eigenvalue weighted by molar-refractivity contribution is 0.0687. The van der Waals surface area contributed by atoms with Gasteiger partial charge < -0.3 is 15.5 Å². The van der Waals surface area contributed by atoms with Crippen molar-refractivity contribution in [1.29, 1.82) is 0 Å². The van der Waals surface area contributed by atoms with Crippen LogP contribution in [0.25, 0.3) is 0 Å². The number of anilines is 3. The summed E-state index contributed by atoms with van der Waals surface area (Å²) in [5.74, 6) is -2.37. The van der Waals surface area contributed by atoms with Crippen molar-refractivity contribution in [2.75, 3.05) is 10.2 Å². The Morgan fingerprint density at radius 1 is 0.679 bits per heavy atom. The number of carboxylic acid groups (broad SMARTS) is 2. The van der Waals surface area contributed by atoms with Crippen molar-refractivity contribution < 1.29 is 24.6 Å². The number of aromatic carboxylic acids is 2. The van der Waals surface area contributed by atoms with Gasteiger partial charge in [0.1, 0.15) is 0 Å². The van der Waals surface area contributed by atoms with Crippen molar-refractivity contribution in [3.63, 3.8) is 0 Å². The maximum atomic E-state index is 13.1. The Bertz CT molecular complexity index is 1030. The molecule has 7 heteroatoms. The van der Waals surface area contributed by atoms with Gasteiger partial charge >= 0.3 is 18.0 Å². The van der Waals surface area contributed by atoms with E-state index in [0.29, 0.717) is 5.69 Å². The molecule has 2 amide bonds. The number of rotatable bonds is 5. The van der Waals surface area contributed by atoms with E-state index in [1.807, 2.05) is 0 Å². The summed E-state index contributed by atoms with van der Waals surface area (Å²) in [5.41, 5.74) is 0.560. The van der Waals surface area contributed by atoms with Crippen LogP contribution in [-0.4, -0.2) is 28.2 Å². The number of hydrogen-bond acceptors (Lipinski definition) is 3. The Morgan fingerprint density at radius 2 is 1.21 bits per heavy atom. The van der Waals surface area contributed by atoms with E-state index < -0.39 is 18.0 Å². The minimum Gasteiger partial charge on any atom is -0.478 e. The standard InChI is InChI=1S/C21H16N2O5/c24-19(25)15-10-4-6-12-17(15)22-21(28)23(14-8-2-1-3-9-14)18-13-7-5-11-16(18)20(26)27/h1-13H,(H,22,28)(H,24,25)(H,26,27). The van der Waals surface area contributed by atoms with Crippen molar-refractivity contribution in [2.45, 2.75) is 0 Å². The van der Waals surface area contributed by atoms with Crippen LogP contribution in [0.15, 0.2) is 78.9 Å². The normalized spacial score (nSPS) is 10.1. The predicted molar refractivity (Wildman–Crippen MR) is 104 cm³/mol. The van der Waals surface area contributed by atoms with Gasteiger partial charge in [-0.2, -0.15) is 0 Å². The van der Waals surface area contributed by atoms with Gasteiger partial charge in [0, 0.05) is 0 Å². The van der Waals surface area contributed by atoms with Crippen LogP contribution in [0.4, 0.5) is 21.9 Å². The van der Waals surface area contributed by atoms with E-state index in [2.05, 4.69) is 5.32 Å². The van der Waals surface area contributed by atoms with E-state index >= 15 is 0 Å². The number of urea groups is 1. The number of hydrogen-bond donors (Lipinski definition) is 3. The Kier molecular flexibility index (Phi) is 5.36. The quantitative estimate of drug-likeness (QED) is 0.610. The van der Waals surface area contributed by atoms with Crippen molar-refractivity contribution in [3.8, 4) is 0 Å². The molecule has 0 unspecified atom stereocenters. The van der Waals surface area contributed by atoms with E-state index in [4.69, 9.17) is 0 Å². The second kappa shape index (κ2) is 8.05. The van der Waals surface area contributed by atoms with E-state index in [1.54, 1.807) is 54.6 Å². The van der Waals surface area contributed by atoms with Gasteiger partial charge in [0.15, 0.2) is 0 Å². The molecule has 0 aliphatic carbocycles. The maximum absolute atomic E-state index is 13.1. The third kappa shape index (κ3) is 3.83. The highest BCUT2D eigenvalue weighted by molar-refractivity contribution is 6.12. The maximum Gasteiger partial charge on any atom is 0.337 e. The highest BCUT2D eigenvalue weighted by atomic mass is 16.4. The number of nitrogens with one attached hydrogen (secondary N) is 1. The molecule has 0 heterocycles. The molecule has 0 spiro atoms. The van der Waals surface area contributed by atoms with Gasteiger partial charge in [-0.1, -0.05) is 42.5 Å². The van der Waals surface area contributed by atoms with E-state index in [1.165, 1.54) is 29.2 Å². The summed E-state index contributed by atoms with van der Waals surface area (Å²) in [5, 5.41) is 21.4. The summed E-state index contributed by atoms with van der Waals surface area (Å²) in [6.07, 6.45) is 0. The molecule has 3 N–H and O–H groups in total. The van der Waals surface area contributed by atoms with E-state index in [9.17, 15) is 24.6 Å². The van der Waals surface area contributed by atoms with Gasteiger partial charge in [-0.05, 0) is 36.4 Å². The van der Waals surface area contributed by atoms with E-state index in [-0.39, 0.29) is 22.5 Å². The fourth-order valence-electron chi connectivity index (χ4n) is 2.74. The molecular weight excluding hydrogens is 360 g/mol. The van der Waals surface area contributed by atoms with Crippen LogP contribution in [0.5, 0.6) is 0 Å². The van der Waals surface area contributed by atoms with Gasteiger partial charge in [0.2, 0.25) is 0 Å². The van der Waals surface area contributed by atoms with Gasteiger partial charge in [0.05, 0.1) is 28.2 Å². The molecular formula is C21H16N2O5. The van der Waals surface area contributed by atoms with Crippen LogP contribution in [0.1, 0.15) is 20.7 Å². The summed E-state index contributed by atoms with van der Waals surface area (Å²) in [6, 6.07) is 19.9. The summed E-state index contributed by atoms with van der Waals surface area (Å²) in [6.45, 7) is 0. The fraction of sp³-hybridized carbons (Fsp3) is 0. The molecule has 0 saturated carbocycles. The highest BCUT2D eigenvalue weighted by Gasteiger charge is 2.24. The molecule has 3 rings (SSSR count). The number of nitrogens with zero attached hydrogens (tertiary/aromatic N) is 1. The summed E-state index contributed by atoms with van der Waals surface area (Å²) in [4.78, 5) is 37.3. The average molecular weight is 376 g/mol. The van der Waals surface area contributed by atoms with Crippen LogP contribution in [0, 0.1) is 0 Å². The SMILES string of the molecule is O=C(O)c1ccccc1NC(=O)N(c1ccccc1)c1ccccc1C(=O)O. The summed E-state index contributed by atoms with van der Waals surface area (Å²) < 4.78 is 0. The zero-order valence-corrected chi connectivity index (χ0v) is 14.6. The molecule has 0 saturated heterocycles. The van der Waals surface area contributed by atoms with Gasteiger partial charge in [-0.3, -0.25) is 4.90 Å². The molecule has 3 aromatic carbocycles. The lowest BCUT2D eigenvalue weighted by Crippen LogP contribution is -2.32. The summed E-state index contributed by atoms with van der Waals surface area (Å²) >= 11 is 0. The number of para-hydroxylation sites is 3. The topological polar surface area (TPSA) is 107 Å². The fourth-order valence-corrected chi connectivity index (χ4v) is 2.74. The first-order chi connectivity index (χ1) is 13.5. The molecule has 7 nitrogen and oxygen atoms in total. The van der Waals surface area contributed by atoms with Crippen molar-refractivity contribution in [3.05, 3.63) is 90.0 Å². The lowest BCUT2D eigenvalue weighted by Gasteiger charge is -2.25. The zero-order chi connectivity index (χ0) is 20.1. The first-order valence-corrected chi connectivity index (χ1v) is 8.30. The third-order valence-electron chi connectivity index (χ3n) is 3.99. The predicted octanol–water partition coefficient (Wildman–Crippen LogP) is 4.45. The number of benzene rings is 3. The number of amides is 2. The Hall–Kier alpha value is -4.13. The van der Waals surface area contributed by atoms with Crippen molar-refractivity contribution in [2.24, 2.45) is 0 Å². The van der Waals surface area contributed by atoms with E-state index in [0.717, 1.165) is 0 Å². The van der Waals surface area contributed by atoms with Crippen LogP contribution in [-0.2, 0) is 0 Å². The highest BCUT2D eigenvalue weighted by Crippen LogP contribution is 2.30. The minimum atomic E-state index is -1.19. The molecule has 0 aliphatic heterocycles. The third-order valence-corrected chi connectivity index (χ3v) is 3.99. The first-order valence-electron chi connectivity index (χ1n) is 8.30. The molecule has 0 radical (unpaired) electrons. The Balaban J connectivity index is 2.08. The number of carbonyl (C=O) groups is 3. The van der Waals surface area contributed by atoms with Gasteiger partial charge in [-0.15, -0.1) is 0 Å². The number of carboxylic acids is 2. The van der Waals surface area contributed by atoms with Crippen LogP contribution in [0.3, 0.4) is 0 Å². The molecule has 140 valence electrons. The Labute approximate surface area is 160 Å². The second-order valence-electron chi connectivity index (χ2n) is 5.77. The Morgan fingerprint density at radius 3 is 1.86 bits per heavy atom. The molecule has 0 bridgehead atoms. The first kappa shape index (κ1) is 18.7. The molecule has 0 atom stereocenters. The second-order valence-corrected chi connectivity index (χ2v) is 5.77. The molecule has 0 fully saturated rings. The zero-order valence-electron chi connectivity index (χ0n) is 14.6.